The van der Waals surface area contributed by atoms with Crippen molar-refractivity contribution in [2.75, 3.05) is 20.2 Å². The highest BCUT2D eigenvalue weighted by molar-refractivity contribution is 7.89. The number of methoxy groups -OCH3 is 1. The first-order valence-electron chi connectivity index (χ1n) is 9.82. The summed E-state index contributed by atoms with van der Waals surface area (Å²) in [4.78, 5) is 25.5. The Morgan fingerprint density at radius 2 is 1.71 bits per heavy atom. The highest BCUT2D eigenvalue weighted by Crippen LogP contribution is 2.30. The molecule has 0 spiro atoms. The lowest BCUT2D eigenvalue weighted by molar-refractivity contribution is -0.149. The Hall–Kier alpha value is -1.93. The summed E-state index contributed by atoms with van der Waals surface area (Å²) in [6, 6.07) is 4.60. The van der Waals surface area contributed by atoms with Gasteiger partial charge in [0.05, 0.1) is 12.0 Å². The molecule has 1 saturated heterocycles. The molecule has 1 aromatic rings. The standard InChI is InChI=1S/C20H28N2O5S/c1-15-8-9-16(28(25,26)22-12-6-7-13-22)14-17(15)18(23)21-20(19(24)27-2)10-4-3-5-11-20/h8-9,14H,3-7,10-13H2,1-2H3,(H,21,23). The number of aryl methyl sites for hydroxylation is 1. The van der Waals surface area contributed by atoms with Crippen LogP contribution >= 0.6 is 0 Å². The Kier molecular flexibility index (Phi) is 6.09. The van der Waals surface area contributed by atoms with Gasteiger partial charge in [0.25, 0.3) is 5.91 Å². The molecule has 0 atom stereocenters. The Morgan fingerprint density at radius 1 is 1.07 bits per heavy atom. The number of esters is 1. The largest absolute Gasteiger partial charge is 0.467 e. The molecule has 0 bridgehead atoms. The Balaban J connectivity index is 1.90. The summed E-state index contributed by atoms with van der Waals surface area (Å²) in [5, 5.41) is 2.87. The highest BCUT2D eigenvalue weighted by atomic mass is 32.2. The van der Waals surface area contributed by atoms with Gasteiger partial charge in [-0.3, -0.25) is 4.79 Å². The van der Waals surface area contributed by atoms with E-state index in [9.17, 15) is 18.0 Å². The van der Waals surface area contributed by atoms with Crippen molar-refractivity contribution >= 4 is 21.9 Å². The molecule has 1 N–H and O–H groups in total. The molecule has 1 aromatic carbocycles. The number of sulfonamides is 1. The molecule has 3 rings (SSSR count). The average molecular weight is 409 g/mol. The van der Waals surface area contributed by atoms with Gasteiger partial charge in [0.1, 0.15) is 5.54 Å². The predicted molar refractivity (Wildman–Crippen MR) is 104 cm³/mol. The van der Waals surface area contributed by atoms with Gasteiger partial charge in [-0.05, 0) is 50.3 Å². The maximum absolute atomic E-state index is 13.0. The molecular weight excluding hydrogens is 380 g/mol. The topological polar surface area (TPSA) is 92.8 Å². The van der Waals surface area contributed by atoms with Crippen molar-refractivity contribution in [2.24, 2.45) is 0 Å². The number of nitrogens with zero attached hydrogens (tertiary/aromatic N) is 1. The summed E-state index contributed by atoms with van der Waals surface area (Å²) in [6.45, 7) is 2.76. The summed E-state index contributed by atoms with van der Waals surface area (Å²) in [6.07, 6.45) is 5.42. The molecule has 7 nitrogen and oxygen atoms in total. The van der Waals surface area contributed by atoms with Crippen molar-refractivity contribution in [3.8, 4) is 0 Å². The fourth-order valence-corrected chi connectivity index (χ4v) is 5.64. The number of amides is 1. The molecule has 0 radical (unpaired) electrons. The Morgan fingerprint density at radius 3 is 2.32 bits per heavy atom. The van der Waals surface area contributed by atoms with E-state index < -0.39 is 27.4 Å². The zero-order chi connectivity index (χ0) is 20.4. The van der Waals surface area contributed by atoms with Crippen LogP contribution in [0.4, 0.5) is 0 Å². The molecule has 0 aromatic heterocycles. The molecule has 1 aliphatic heterocycles. The quantitative estimate of drug-likeness (QED) is 0.755. The van der Waals surface area contributed by atoms with E-state index in [0.717, 1.165) is 32.1 Å². The minimum Gasteiger partial charge on any atom is -0.467 e. The van der Waals surface area contributed by atoms with Gasteiger partial charge in [0.15, 0.2) is 0 Å². The van der Waals surface area contributed by atoms with Crippen LogP contribution in [0.3, 0.4) is 0 Å². The molecule has 1 aliphatic carbocycles. The van der Waals surface area contributed by atoms with Crippen molar-refractivity contribution in [3.63, 3.8) is 0 Å². The number of ether oxygens (including phenoxy) is 1. The molecule has 28 heavy (non-hydrogen) atoms. The summed E-state index contributed by atoms with van der Waals surface area (Å²) >= 11 is 0. The SMILES string of the molecule is COC(=O)C1(NC(=O)c2cc(S(=O)(=O)N3CCCC3)ccc2C)CCCCC1. The predicted octanol–water partition coefficient (Wildman–Crippen LogP) is 2.39. The van der Waals surface area contributed by atoms with Gasteiger partial charge >= 0.3 is 5.97 Å². The second-order valence-corrected chi connectivity index (χ2v) is 9.61. The van der Waals surface area contributed by atoms with E-state index in [-0.39, 0.29) is 10.5 Å². The first kappa shape index (κ1) is 20.8. The molecule has 2 aliphatic rings. The second kappa shape index (κ2) is 8.21. The van der Waals surface area contributed by atoms with Gasteiger partial charge in [-0.25, -0.2) is 13.2 Å². The van der Waals surface area contributed by atoms with E-state index in [1.807, 2.05) is 0 Å². The number of nitrogens with one attached hydrogen (secondary N) is 1. The van der Waals surface area contributed by atoms with E-state index in [1.165, 1.54) is 23.5 Å². The molecule has 2 fully saturated rings. The summed E-state index contributed by atoms with van der Waals surface area (Å²) in [5.41, 5.74) is -0.108. The van der Waals surface area contributed by atoms with E-state index in [2.05, 4.69) is 5.32 Å². The fraction of sp³-hybridized carbons (Fsp3) is 0.600. The van der Waals surface area contributed by atoms with E-state index >= 15 is 0 Å². The second-order valence-electron chi connectivity index (χ2n) is 7.68. The monoisotopic (exact) mass is 408 g/mol. The lowest BCUT2D eigenvalue weighted by Crippen LogP contribution is -2.56. The van der Waals surface area contributed by atoms with Crippen LogP contribution in [0.1, 0.15) is 60.9 Å². The third-order valence-electron chi connectivity index (χ3n) is 5.79. The van der Waals surface area contributed by atoms with Crippen molar-refractivity contribution in [2.45, 2.75) is 62.3 Å². The first-order valence-corrected chi connectivity index (χ1v) is 11.3. The number of hydrogen-bond acceptors (Lipinski definition) is 5. The number of benzene rings is 1. The highest BCUT2D eigenvalue weighted by Gasteiger charge is 2.42. The lowest BCUT2D eigenvalue weighted by atomic mass is 9.81. The summed E-state index contributed by atoms with van der Waals surface area (Å²) in [5.74, 6) is -0.887. The van der Waals surface area contributed by atoms with Gasteiger partial charge in [-0.15, -0.1) is 0 Å². The summed E-state index contributed by atoms with van der Waals surface area (Å²) < 4.78 is 32.1. The zero-order valence-electron chi connectivity index (χ0n) is 16.5. The number of carbonyl (C=O) groups excluding carboxylic acids is 2. The van der Waals surface area contributed by atoms with Gasteiger partial charge in [0, 0.05) is 18.7 Å². The molecule has 8 heteroatoms. The average Bonchev–Trinajstić information content (AvgIpc) is 3.24. The van der Waals surface area contributed by atoms with Crippen LogP contribution in [0.15, 0.2) is 23.1 Å². The van der Waals surface area contributed by atoms with Crippen molar-refractivity contribution < 1.29 is 22.7 Å². The molecule has 154 valence electrons. The van der Waals surface area contributed by atoms with Crippen LogP contribution in [-0.4, -0.2) is 50.3 Å². The third-order valence-corrected chi connectivity index (χ3v) is 7.69. The minimum absolute atomic E-state index is 0.112. The van der Waals surface area contributed by atoms with Gasteiger partial charge in [0.2, 0.25) is 10.0 Å². The van der Waals surface area contributed by atoms with Crippen LogP contribution in [0, 0.1) is 6.92 Å². The minimum atomic E-state index is -3.62. The van der Waals surface area contributed by atoms with Gasteiger partial charge in [-0.1, -0.05) is 25.3 Å². The third kappa shape index (κ3) is 3.93. The lowest BCUT2D eigenvalue weighted by Gasteiger charge is -2.35. The van der Waals surface area contributed by atoms with Crippen LogP contribution in [-0.2, 0) is 19.6 Å². The van der Waals surface area contributed by atoms with Gasteiger partial charge < -0.3 is 10.1 Å². The van der Waals surface area contributed by atoms with E-state index in [0.29, 0.717) is 31.5 Å². The summed E-state index contributed by atoms with van der Waals surface area (Å²) in [7, 11) is -2.30. The molecule has 1 saturated carbocycles. The van der Waals surface area contributed by atoms with Crippen molar-refractivity contribution in [1.29, 1.82) is 0 Å². The van der Waals surface area contributed by atoms with E-state index in [1.54, 1.807) is 13.0 Å². The van der Waals surface area contributed by atoms with Crippen LogP contribution < -0.4 is 5.32 Å². The fourth-order valence-electron chi connectivity index (χ4n) is 4.10. The molecular formula is C20H28N2O5S. The normalized spacial score (nSPS) is 19.9. The number of rotatable bonds is 5. The zero-order valence-corrected chi connectivity index (χ0v) is 17.3. The maximum Gasteiger partial charge on any atom is 0.331 e. The first-order chi connectivity index (χ1) is 13.3. The van der Waals surface area contributed by atoms with Crippen molar-refractivity contribution in [3.05, 3.63) is 29.3 Å². The van der Waals surface area contributed by atoms with Crippen LogP contribution in [0.2, 0.25) is 0 Å². The van der Waals surface area contributed by atoms with Crippen LogP contribution in [0.5, 0.6) is 0 Å². The van der Waals surface area contributed by atoms with E-state index in [4.69, 9.17) is 4.74 Å². The molecule has 1 heterocycles. The number of carbonyl (C=O) groups is 2. The number of hydrogen-bond donors (Lipinski definition) is 1. The molecule has 1 amide bonds. The molecule has 0 unspecified atom stereocenters. The Bertz CT molecular complexity index is 853. The van der Waals surface area contributed by atoms with Crippen molar-refractivity contribution in [1.82, 2.24) is 9.62 Å². The van der Waals surface area contributed by atoms with Gasteiger partial charge in [-0.2, -0.15) is 4.31 Å². The smallest absolute Gasteiger partial charge is 0.331 e. The maximum atomic E-state index is 13.0. The van der Waals surface area contributed by atoms with Crippen LogP contribution in [0.25, 0.3) is 0 Å². The Labute approximate surface area is 166 Å².